The van der Waals surface area contributed by atoms with E-state index < -0.39 is 29.8 Å². The van der Waals surface area contributed by atoms with Crippen molar-refractivity contribution in [1.82, 2.24) is 4.90 Å². The van der Waals surface area contributed by atoms with Crippen molar-refractivity contribution in [3.05, 3.63) is 71.0 Å². The van der Waals surface area contributed by atoms with E-state index in [9.17, 15) is 24.2 Å². The zero-order valence-corrected chi connectivity index (χ0v) is 13.4. The summed E-state index contributed by atoms with van der Waals surface area (Å²) in [4.78, 5) is 25.4. The fourth-order valence-corrected chi connectivity index (χ4v) is 3.12. The Balaban J connectivity index is 1.79. The number of hydrogen-bond donors (Lipinski definition) is 2. The van der Waals surface area contributed by atoms with Crippen LogP contribution in [-0.4, -0.2) is 33.0 Å². The number of aliphatic hydroxyl groups excluding tert-OH is 1. The van der Waals surface area contributed by atoms with E-state index >= 15 is 0 Å². The predicted octanol–water partition coefficient (Wildman–Crippen LogP) is 2.29. The Morgan fingerprint density at radius 3 is 2.56 bits per heavy atom. The molecule has 0 fully saturated rings. The van der Waals surface area contributed by atoms with Crippen molar-refractivity contribution in [2.24, 2.45) is 0 Å². The van der Waals surface area contributed by atoms with Gasteiger partial charge >= 0.3 is 5.97 Å². The Morgan fingerprint density at radius 2 is 1.88 bits per heavy atom. The normalized spacial score (nSPS) is 17.7. The molecule has 0 spiro atoms. The average molecular weight is 343 g/mol. The second kappa shape index (κ2) is 7.03. The highest BCUT2D eigenvalue weighted by Crippen LogP contribution is 2.26. The summed E-state index contributed by atoms with van der Waals surface area (Å²) in [5.74, 6) is -2.05. The van der Waals surface area contributed by atoms with E-state index in [-0.39, 0.29) is 24.9 Å². The molecular formula is C19H18FNO4. The van der Waals surface area contributed by atoms with Gasteiger partial charge < -0.3 is 15.1 Å². The molecule has 2 aromatic rings. The number of amides is 1. The first-order chi connectivity index (χ1) is 12.0. The van der Waals surface area contributed by atoms with Gasteiger partial charge in [-0.05, 0) is 28.8 Å². The van der Waals surface area contributed by atoms with E-state index in [2.05, 4.69) is 0 Å². The number of carboxylic acid groups (broad SMARTS) is 1. The Morgan fingerprint density at radius 1 is 1.16 bits per heavy atom. The van der Waals surface area contributed by atoms with E-state index in [0.29, 0.717) is 0 Å². The molecule has 0 saturated heterocycles. The van der Waals surface area contributed by atoms with Gasteiger partial charge in [0.15, 0.2) is 0 Å². The molecule has 0 saturated carbocycles. The van der Waals surface area contributed by atoms with Crippen LogP contribution in [0.3, 0.4) is 0 Å². The molecule has 5 nitrogen and oxygen atoms in total. The molecule has 1 heterocycles. The lowest BCUT2D eigenvalue weighted by molar-refractivity contribution is -0.152. The molecule has 3 rings (SSSR count). The monoisotopic (exact) mass is 343 g/mol. The number of carbonyl (C=O) groups is 2. The Labute approximate surface area is 144 Å². The summed E-state index contributed by atoms with van der Waals surface area (Å²) in [5, 5.41) is 19.7. The number of carboxylic acids is 1. The highest BCUT2D eigenvalue weighted by molar-refractivity contribution is 5.85. The lowest BCUT2D eigenvalue weighted by atomic mass is 9.93. The summed E-state index contributed by atoms with van der Waals surface area (Å²) in [6.45, 7) is 0.182. The van der Waals surface area contributed by atoms with Crippen LogP contribution in [0, 0.1) is 5.82 Å². The van der Waals surface area contributed by atoms with E-state index in [1.165, 1.54) is 23.1 Å². The Hall–Kier alpha value is -2.73. The van der Waals surface area contributed by atoms with E-state index in [1.807, 2.05) is 24.3 Å². The van der Waals surface area contributed by atoms with Crippen molar-refractivity contribution in [1.29, 1.82) is 0 Å². The van der Waals surface area contributed by atoms with E-state index in [1.54, 1.807) is 0 Å². The molecular weight excluding hydrogens is 325 g/mol. The smallest absolute Gasteiger partial charge is 0.326 e. The van der Waals surface area contributed by atoms with Crippen LogP contribution in [0.4, 0.5) is 4.39 Å². The topological polar surface area (TPSA) is 77.8 Å². The molecule has 0 aromatic heterocycles. The zero-order chi connectivity index (χ0) is 18.0. The molecule has 0 radical (unpaired) electrons. The van der Waals surface area contributed by atoms with Gasteiger partial charge in [-0.15, -0.1) is 0 Å². The van der Waals surface area contributed by atoms with Crippen LogP contribution in [0.1, 0.15) is 29.2 Å². The highest BCUT2D eigenvalue weighted by atomic mass is 19.1. The van der Waals surface area contributed by atoms with Crippen LogP contribution in [0.25, 0.3) is 0 Å². The van der Waals surface area contributed by atoms with Gasteiger partial charge in [0.1, 0.15) is 11.9 Å². The van der Waals surface area contributed by atoms with Crippen LogP contribution in [0.2, 0.25) is 0 Å². The zero-order valence-electron chi connectivity index (χ0n) is 13.4. The summed E-state index contributed by atoms with van der Waals surface area (Å²) in [6, 6.07) is 11.8. The third-order valence-corrected chi connectivity index (χ3v) is 4.46. The molecule has 2 aromatic carbocycles. The maximum Gasteiger partial charge on any atom is 0.326 e. The number of halogens is 1. The summed E-state index contributed by atoms with van der Waals surface area (Å²) < 4.78 is 13.3. The first kappa shape index (κ1) is 17.1. The molecule has 6 heteroatoms. The van der Waals surface area contributed by atoms with Crippen molar-refractivity contribution in [3.63, 3.8) is 0 Å². The number of fused-ring (bicyclic) bond motifs is 1. The van der Waals surface area contributed by atoms with Crippen molar-refractivity contribution in [2.75, 3.05) is 0 Å². The summed E-state index contributed by atoms with van der Waals surface area (Å²) in [7, 11) is 0. The first-order valence-corrected chi connectivity index (χ1v) is 7.98. The lowest BCUT2D eigenvalue weighted by Crippen LogP contribution is -2.48. The van der Waals surface area contributed by atoms with Gasteiger partial charge in [-0.25, -0.2) is 9.18 Å². The van der Waals surface area contributed by atoms with Crippen molar-refractivity contribution in [2.45, 2.75) is 31.5 Å². The maximum absolute atomic E-state index is 13.3. The average Bonchev–Trinajstić information content (AvgIpc) is 2.60. The van der Waals surface area contributed by atoms with Gasteiger partial charge in [-0.1, -0.05) is 36.4 Å². The van der Waals surface area contributed by atoms with Crippen molar-refractivity contribution < 1.29 is 24.2 Å². The molecule has 0 aliphatic carbocycles. The summed E-state index contributed by atoms with van der Waals surface area (Å²) >= 11 is 0. The van der Waals surface area contributed by atoms with Gasteiger partial charge in [0.25, 0.3) is 0 Å². The highest BCUT2D eigenvalue weighted by Gasteiger charge is 2.35. The van der Waals surface area contributed by atoms with E-state index in [4.69, 9.17) is 0 Å². The molecule has 2 N–H and O–H groups in total. The lowest BCUT2D eigenvalue weighted by Gasteiger charge is -2.35. The van der Waals surface area contributed by atoms with Crippen molar-refractivity contribution >= 4 is 11.9 Å². The number of nitrogens with zero attached hydrogens (tertiary/aromatic N) is 1. The van der Waals surface area contributed by atoms with Crippen LogP contribution in [-0.2, 0) is 22.6 Å². The number of aliphatic hydroxyl groups is 1. The second-order valence-corrected chi connectivity index (χ2v) is 6.12. The summed E-state index contributed by atoms with van der Waals surface area (Å²) in [6.07, 6.45) is -1.25. The van der Waals surface area contributed by atoms with Crippen LogP contribution in [0.15, 0.2) is 48.5 Å². The SMILES string of the molecule is O=C(O)[C@@H]1Cc2ccccc2CN1C(=O)C[C@H](O)c1cccc(F)c1. The van der Waals surface area contributed by atoms with Gasteiger partial charge in [0.05, 0.1) is 12.5 Å². The van der Waals surface area contributed by atoms with Crippen molar-refractivity contribution in [3.8, 4) is 0 Å². The first-order valence-electron chi connectivity index (χ1n) is 7.98. The van der Waals surface area contributed by atoms with Gasteiger partial charge in [-0.3, -0.25) is 4.79 Å². The van der Waals surface area contributed by atoms with Gasteiger partial charge in [-0.2, -0.15) is 0 Å². The standard InChI is InChI=1S/C19H18FNO4/c20-15-7-3-6-13(8-15)17(22)10-18(23)21-11-14-5-2-1-4-12(14)9-16(21)19(24)25/h1-8,16-17,22H,9-11H2,(H,24,25)/t16-,17-/m0/s1. The number of benzene rings is 2. The van der Waals surface area contributed by atoms with Gasteiger partial charge in [0, 0.05) is 13.0 Å². The quantitative estimate of drug-likeness (QED) is 0.893. The molecule has 25 heavy (non-hydrogen) atoms. The summed E-state index contributed by atoms with van der Waals surface area (Å²) in [5.41, 5.74) is 2.09. The van der Waals surface area contributed by atoms with Crippen LogP contribution < -0.4 is 0 Å². The van der Waals surface area contributed by atoms with E-state index in [0.717, 1.165) is 17.2 Å². The largest absolute Gasteiger partial charge is 0.480 e. The van der Waals surface area contributed by atoms with Gasteiger partial charge in [0.2, 0.25) is 5.91 Å². The molecule has 1 amide bonds. The number of aliphatic carboxylic acids is 1. The third kappa shape index (κ3) is 3.69. The maximum atomic E-state index is 13.3. The fraction of sp³-hybridized carbons (Fsp3) is 0.263. The minimum absolute atomic E-state index is 0.182. The Bertz CT molecular complexity index is 808. The van der Waals surface area contributed by atoms with Crippen LogP contribution in [0.5, 0.6) is 0 Å². The number of rotatable bonds is 4. The molecule has 0 unspecified atom stereocenters. The molecule has 1 aliphatic heterocycles. The molecule has 1 aliphatic rings. The Kier molecular flexibility index (Phi) is 4.81. The number of hydrogen-bond acceptors (Lipinski definition) is 3. The number of carbonyl (C=O) groups excluding carboxylic acids is 1. The molecule has 130 valence electrons. The second-order valence-electron chi connectivity index (χ2n) is 6.12. The minimum Gasteiger partial charge on any atom is -0.480 e. The predicted molar refractivity (Wildman–Crippen MR) is 88.1 cm³/mol. The fourth-order valence-electron chi connectivity index (χ4n) is 3.12. The minimum atomic E-state index is -1.19. The molecule has 0 bridgehead atoms. The molecule has 2 atom stereocenters. The van der Waals surface area contributed by atoms with Crippen LogP contribution >= 0.6 is 0 Å². The third-order valence-electron chi connectivity index (χ3n) is 4.46.